The highest BCUT2D eigenvalue weighted by Crippen LogP contribution is 2.21. The van der Waals surface area contributed by atoms with E-state index in [1.54, 1.807) is 38.1 Å². The molecule has 0 atom stereocenters. The Labute approximate surface area is 103 Å². The zero-order valence-corrected chi connectivity index (χ0v) is 11.3. The van der Waals surface area contributed by atoms with Gasteiger partial charge in [0, 0.05) is 5.02 Å². The largest absolute Gasteiger partial charge is 0.480 e. The van der Waals surface area contributed by atoms with E-state index in [-0.39, 0.29) is 5.78 Å². The van der Waals surface area contributed by atoms with Crippen molar-refractivity contribution in [3.05, 3.63) is 29.3 Å². The minimum Gasteiger partial charge on any atom is -0.480 e. The van der Waals surface area contributed by atoms with Crippen molar-refractivity contribution < 1.29 is 9.53 Å². The number of rotatable bonds is 3. The fourth-order valence-electron chi connectivity index (χ4n) is 0.869. The zero-order chi connectivity index (χ0) is 12.8. The van der Waals surface area contributed by atoms with Crippen LogP contribution in [0.1, 0.15) is 34.6 Å². The van der Waals surface area contributed by atoms with Crippen molar-refractivity contribution >= 4 is 17.4 Å². The number of Topliss-reactive ketones (excluding diaryl/α,β-unsaturated/α-hetero) is 1. The molecule has 0 N–H and O–H groups in total. The lowest BCUT2D eigenvalue weighted by Crippen LogP contribution is -2.36. The van der Waals surface area contributed by atoms with Gasteiger partial charge in [0.2, 0.25) is 0 Å². The summed E-state index contributed by atoms with van der Waals surface area (Å²) < 4.78 is 5.51. The maximum atomic E-state index is 11.2. The van der Waals surface area contributed by atoms with Gasteiger partial charge in [-0.1, -0.05) is 25.4 Å². The molecule has 0 saturated heterocycles. The summed E-state index contributed by atoms with van der Waals surface area (Å²) in [5.41, 5.74) is -0.784. The third-order valence-electron chi connectivity index (χ3n) is 2.03. The summed E-state index contributed by atoms with van der Waals surface area (Å²) in [6, 6.07) is 6.94. The van der Waals surface area contributed by atoms with Crippen LogP contribution in [0.3, 0.4) is 0 Å². The highest BCUT2D eigenvalue weighted by atomic mass is 35.5. The smallest absolute Gasteiger partial charge is 0.172 e. The van der Waals surface area contributed by atoms with Crippen LogP contribution >= 0.6 is 11.6 Å². The van der Waals surface area contributed by atoms with Gasteiger partial charge in [-0.3, -0.25) is 4.79 Å². The van der Waals surface area contributed by atoms with E-state index in [4.69, 9.17) is 16.3 Å². The maximum Gasteiger partial charge on any atom is 0.172 e. The Bertz CT molecular complexity index is 328. The number of hydrogen-bond acceptors (Lipinski definition) is 2. The van der Waals surface area contributed by atoms with E-state index >= 15 is 0 Å². The first-order valence-electron chi connectivity index (χ1n) is 5.37. The summed E-state index contributed by atoms with van der Waals surface area (Å²) in [6.45, 7) is 8.99. The van der Waals surface area contributed by atoms with Crippen LogP contribution in [0.25, 0.3) is 0 Å². The van der Waals surface area contributed by atoms with E-state index < -0.39 is 5.60 Å². The summed E-state index contributed by atoms with van der Waals surface area (Å²) >= 11 is 5.72. The third kappa shape index (κ3) is 4.67. The Kier molecular flexibility index (Phi) is 6.12. The first-order valence-corrected chi connectivity index (χ1v) is 5.75. The predicted molar refractivity (Wildman–Crippen MR) is 68.2 cm³/mol. The van der Waals surface area contributed by atoms with E-state index in [2.05, 4.69) is 0 Å². The van der Waals surface area contributed by atoms with Crippen LogP contribution < -0.4 is 4.74 Å². The van der Waals surface area contributed by atoms with Crippen LogP contribution in [-0.4, -0.2) is 11.4 Å². The van der Waals surface area contributed by atoms with Gasteiger partial charge in [0.25, 0.3) is 0 Å². The molecular weight excluding hydrogens is 224 g/mol. The molecule has 0 amide bonds. The minimum absolute atomic E-state index is 0.00699. The Morgan fingerprint density at radius 1 is 1.19 bits per heavy atom. The number of ether oxygens (including phenoxy) is 1. The molecule has 0 fully saturated rings. The molecule has 0 bridgehead atoms. The fourth-order valence-corrected chi connectivity index (χ4v) is 0.995. The summed E-state index contributed by atoms with van der Waals surface area (Å²) in [5, 5.41) is 0.651. The lowest BCUT2D eigenvalue weighted by Gasteiger charge is -2.23. The Morgan fingerprint density at radius 3 is 2.00 bits per heavy atom. The number of halogens is 1. The van der Waals surface area contributed by atoms with Crippen LogP contribution in [0.4, 0.5) is 0 Å². The molecule has 90 valence electrons. The average molecular weight is 243 g/mol. The maximum absolute atomic E-state index is 11.2. The predicted octanol–water partition coefficient (Wildman–Crippen LogP) is 4.11. The Morgan fingerprint density at radius 2 is 1.62 bits per heavy atom. The Balaban J connectivity index is 0.00000106. The molecule has 3 heteroatoms. The van der Waals surface area contributed by atoms with Gasteiger partial charge in [0.05, 0.1) is 0 Å². The number of benzene rings is 1. The summed E-state index contributed by atoms with van der Waals surface area (Å²) in [4.78, 5) is 11.2. The van der Waals surface area contributed by atoms with Crippen molar-refractivity contribution in [3.8, 4) is 5.75 Å². The molecule has 0 radical (unpaired) electrons. The number of carbonyl (C=O) groups is 1. The van der Waals surface area contributed by atoms with Crippen molar-refractivity contribution in [1.82, 2.24) is 0 Å². The van der Waals surface area contributed by atoms with Crippen molar-refractivity contribution in [2.75, 3.05) is 0 Å². The number of carbonyl (C=O) groups excluding carboxylic acids is 1. The van der Waals surface area contributed by atoms with Gasteiger partial charge in [0.1, 0.15) is 5.75 Å². The van der Waals surface area contributed by atoms with Crippen LogP contribution in [-0.2, 0) is 4.79 Å². The molecule has 0 aliphatic carbocycles. The molecule has 2 nitrogen and oxygen atoms in total. The monoisotopic (exact) mass is 242 g/mol. The molecule has 0 unspecified atom stereocenters. The van der Waals surface area contributed by atoms with Gasteiger partial charge in [-0.25, -0.2) is 0 Å². The highest BCUT2D eigenvalue weighted by molar-refractivity contribution is 6.30. The molecule has 0 aromatic heterocycles. The van der Waals surface area contributed by atoms with Gasteiger partial charge in [-0.2, -0.15) is 0 Å². The molecule has 1 aromatic rings. The highest BCUT2D eigenvalue weighted by Gasteiger charge is 2.25. The molecular formula is C13H19ClO2. The topological polar surface area (TPSA) is 26.3 Å². The molecule has 1 rings (SSSR count). The molecule has 0 saturated carbocycles. The zero-order valence-electron chi connectivity index (χ0n) is 10.5. The first-order chi connectivity index (χ1) is 7.42. The van der Waals surface area contributed by atoms with E-state index in [9.17, 15) is 4.79 Å². The molecule has 0 heterocycles. The van der Waals surface area contributed by atoms with E-state index in [1.807, 2.05) is 13.8 Å². The number of ketones is 1. The first kappa shape index (κ1) is 15.0. The molecule has 0 aliphatic heterocycles. The molecule has 1 aromatic carbocycles. The van der Waals surface area contributed by atoms with Crippen LogP contribution in [0.2, 0.25) is 5.02 Å². The summed E-state index contributed by atoms with van der Waals surface area (Å²) in [5.74, 6) is 0.641. The average Bonchev–Trinajstić information content (AvgIpc) is 2.24. The molecule has 16 heavy (non-hydrogen) atoms. The fraction of sp³-hybridized carbons (Fsp3) is 0.462. The number of hydrogen-bond donors (Lipinski definition) is 0. The third-order valence-corrected chi connectivity index (χ3v) is 2.29. The van der Waals surface area contributed by atoms with Gasteiger partial charge in [-0.15, -0.1) is 0 Å². The summed E-state index contributed by atoms with van der Waals surface area (Å²) in [6.07, 6.45) is 0. The second-order valence-corrected chi connectivity index (χ2v) is 4.06. The van der Waals surface area contributed by atoms with Crippen molar-refractivity contribution in [2.45, 2.75) is 40.2 Å². The van der Waals surface area contributed by atoms with Crippen molar-refractivity contribution in [1.29, 1.82) is 0 Å². The quantitative estimate of drug-likeness (QED) is 0.797. The van der Waals surface area contributed by atoms with Crippen LogP contribution in [0.5, 0.6) is 5.75 Å². The lowest BCUT2D eigenvalue weighted by molar-refractivity contribution is -0.129. The Hall–Kier alpha value is -1.02. The normalized spacial score (nSPS) is 10.1. The van der Waals surface area contributed by atoms with Crippen molar-refractivity contribution in [3.63, 3.8) is 0 Å². The van der Waals surface area contributed by atoms with Crippen LogP contribution in [0, 0.1) is 0 Å². The second-order valence-electron chi connectivity index (χ2n) is 3.62. The second kappa shape index (κ2) is 6.54. The minimum atomic E-state index is -0.784. The van der Waals surface area contributed by atoms with Gasteiger partial charge in [0.15, 0.2) is 11.4 Å². The van der Waals surface area contributed by atoms with Crippen molar-refractivity contribution in [2.24, 2.45) is 0 Å². The van der Waals surface area contributed by atoms with E-state index in [0.717, 1.165) is 0 Å². The SMILES string of the molecule is CC.CC(=O)C(C)(C)Oc1ccc(Cl)cc1. The van der Waals surface area contributed by atoms with Gasteiger partial charge < -0.3 is 4.74 Å². The van der Waals surface area contributed by atoms with Gasteiger partial charge >= 0.3 is 0 Å². The standard InChI is InChI=1S/C11H13ClO2.C2H6/c1-8(13)11(2,3)14-10-6-4-9(12)5-7-10;1-2/h4-7H,1-3H3;1-2H3. The van der Waals surface area contributed by atoms with E-state index in [0.29, 0.717) is 10.8 Å². The van der Waals surface area contributed by atoms with E-state index in [1.165, 1.54) is 6.92 Å². The van der Waals surface area contributed by atoms with Gasteiger partial charge in [-0.05, 0) is 45.0 Å². The lowest BCUT2D eigenvalue weighted by atomic mass is 10.1. The molecule has 0 spiro atoms. The summed E-state index contributed by atoms with van der Waals surface area (Å²) in [7, 11) is 0. The van der Waals surface area contributed by atoms with Crippen LogP contribution in [0.15, 0.2) is 24.3 Å². The molecule has 0 aliphatic rings.